The Bertz CT molecular complexity index is 1170. The van der Waals surface area contributed by atoms with Crippen molar-refractivity contribution in [1.29, 1.82) is 0 Å². The van der Waals surface area contributed by atoms with Crippen molar-refractivity contribution in [3.8, 4) is 10.8 Å². The van der Waals surface area contributed by atoms with Crippen molar-refractivity contribution in [2.24, 2.45) is 0 Å². The molecule has 0 bridgehead atoms. The Morgan fingerprint density at radius 2 is 1.97 bits per heavy atom. The largest absolute Gasteiger partial charge is 0.328 e. The fourth-order valence-electron chi connectivity index (χ4n) is 4.16. The summed E-state index contributed by atoms with van der Waals surface area (Å²) < 4.78 is 19.6. The lowest BCUT2D eigenvalue weighted by molar-refractivity contribution is -0.116. The van der Waals surface area contributed by atoms with Crippen molar-refractivity contribution >= 4 is 29.2 Å². The van der Waals surface area contributed by atoms with Crippen LogP contribution in [0.1, 0.15) is 41.3 Å². The minimum Gasteiger partial charge on any atom is -0.328 e. The second kappa shape index (κ2) is 7.52. The number of carbonyl (C=O) groups excluding carboxylic acids is 2. The van der Waals surface area contributed by atoms with Crippen molar-refractivity contribution in [3.63, 3.8) is 0 Å². The predicted octanol–water partition coefficient (Wildman–Crippen LogP) is 3.01. The molecule has 1 atom stereocenters. The molecule has 1 saturated heterocycles. The highest BCUT2D eigenvalue weighted by atomic mass is 32.1. The summed E-state index contributed by atoms with van der Waals surface area (Å²) in [5, 5.41) is 0.686. The van der Waals surface area contributed by atoms with Crippen LogP contribution in [0.5, 0.6) is 0 Å². The summed E-state index contributed by atoms with van der Waals surface area (Å²) in [5.74, 6) is 1.31. The van der Waals surface area contributed by atoms with Gasteiger partial charge in [0.2, 0.25) is 5.91 Å². The Labute approximate surface area is 182 Å². The first-order valence-corrected chi connectivity index (χ1v) is 10.8. The molecule has 1 aromatic carbocycles. The van der Waals surface area contributed by atoms with Gasteiger partial charge in [-0.2, -0.15) is 4.37 Å². The quantitative estimate of drug-likeness (QED) is 0.626. The molecule has 159 valence electrons. The SMILES string of the molecule is Cc1nsc(-c2nc(N3C[CH]CC3=O)c3n2CCN(C(=O)c2ccc(F)cc2)[C@@H]3C)n1. The molecular weight excluding hydrogens is 419 g/mol. The van der Waals surface area contributed by atoms with Gasteiger partial charge in [-0.25, -0.2) is 14.4 Å². The molecule has 0 spiro atoms. The fraction of sp³-hybridized carbons (Fsp3) is 0.333. The van der Waals surface area contributed by atoms with Crippen LogP contribution in [0.2, 0.25) is 0 Å². The molecule has 5 rings (SSSR count). The van der Waals surface area contributed by atoms with Gasteiger partial charge in [-0.3, -0.25) is 14.5 Å². The molecule has 10 heteroatoms. The zero-order chi connectivity index (χ0) is 21.7. The summed E-state index contributed by atoms with van der Waals surface area (Å²) in [6.07, 6.45) is 2.28. The topological polar surface area (TPSA) is 84.2 Å². The van der Waals surface area contributed by atoms with Crippen LogP contribution in [-0.4, -0.2) is 48.7 Å². The van der Waals surface area contributed by atoms with E-state index < -0.39 is 0 Å². The van der Waals surface area contributed by atoms with Gasteiger partial charge in [0.15, 0.2) is 16.6 Å². The second-order valence-electron chi connectivity index (χ2n) is 7.62. The molecule has 0 N–H and O–H groups in total. The summed E-state index contributed by atoms with van der Waals surface area (Å²) >= 11 is 1.27. The smallest absolute Gasteiger partial charge is 0.254 e. The standard InChI is InChI=1S/C21H20FN6O2S/c1-12-17-18(27-9-3-4-16(27)29)24-19(20-23-13(2)25-31-20)28(17)11-10-26(12)21(30)14-5-7-15(22)8-6-14/h3,5-8,12H,4,9-11H2,1-2H3/t12-/m1/s1. The van der Waals surface area contributed by atoms with Crippen molar-refractivity contribution in [1.82, 2.24) is 23.8 Å². The lowest BCUT2D eigenvalue weighted by Gasteiger charge is -2.36. The first-order valence-electron chi connectivity index (χ1n) is 10.0. The van der Waals surface area contributed by atoms with E-state index in [1.165, 1.54) is 35.8 Å². The molecule has 2 aromatic heterocycles. The number of nitrogens with zero attached hydrogens (tertiary/aromatic N) is 6. The van der Waals surface area contributed by atoms with Crippen LogP contribution in [0, 0.1) is 19.2 Å². The Kier molecular flexibility index (Phi) is 4.81. The Hall–Kier alpha value is -3.14. The van der Waals surface area contributed by atoms with Gasteiger partial charge < -0.3 is 9.47 Å². The number of benzene rings is 1. The van der Waals surface area contributed by atoms with Gasteiger partial charge in [0.25, 0.3) is 5.91 Å². The minimum absolute atomic E-state index is 0.0184. The molecule has 0 aliphatic carbocycles. The number of imidazole rings is 1. The highest BCUT2D eigenvalue weighted by Gasteiger charge is 2.38. The molecule has 2 aliphatic heterocycles. The average molecular weight is 439 g/mol. The van der Waals surface area contributed by atoms with Crippen LogP contribution in [0.25, 0.3) is 10.8 Å². The first-order chi connectivity index (χ1) is 14.9. The summed E-state index contributed by atoms with van der Waals surface area (Å²) in [7, 11) is 0. The third-order valence-corrected chi connectivity index (χ3v) is 6.48. The lowest BCUT2D eigenvalue weighted by atomic mass is 10.1. The predicted molar refractivity (Wildman–Crippen MR) is 113 cm³/mol. The van der Waals surface area contributed by atoms with Crippen molar-refractivity contribution < 1.29 is 14.0 Å². The number of halogens is 1. The van der Waals surface area contributed by atoms with Crippen LogP contribution in [0.3, 0.4) is 0 Å². The zero-order valence-electron chi connectivity index (χ0n) is 17.1. The number of hydrogen-bond donors (Lipinski definition) is 0. The molecule has 2 aliphatic rings. The van der Waals surface area contributed by atoms with Crippen LogP contribution in [0.15, 0.2) is 24.3 Å². The highest BCUT2D eigenvalue weighted by Crippen LogP contribution is 2.39. The van der Waals surface area contributed by atoms with Gasteiger partial charge in [-0.05, 0) is 56.1 Å². The molecule has 8 nitrogen and oxygen atoms in total. The second-order valence-corrected chi connectivity index (χ2v) is 8.37. The van der Waals surface area contributed by atoms with Gasteiger partial charge in [0.05, 0.1) is 11.7 Å². The van der Waals surface area contributed by atoms with E-state index in [1.54, 1.807) is 9.80 Å². The van der Waals surface area contributed by atoms with E-state index in [1.807, 2.05) is 24.8 Å². The third kappa shape index (κ3) is 3.31. The lowest BCUT2D eigenvalue weighted by Crippen LogP contribution is -2.42. The molecule has 31 heavy (non-hydrogen) atoms. The maximum absolute atomic E-state index is 13.3. The molecule has 2 amide bonds. The summed E-state index contributed by atoms with van der Waals surface area (Å²) in [6.45, 7) is 5.21. The van der Waals surface area contributed by atoms with E-state index in [9.17, 15) is 14.0 Å². The zero-order valence-corrected chi connectivity index (χ0v) is 17.9. The molecule has 1 radical (unpaired) electrons. The number of carbonyl (C=O) groups is 2. The number of aromatic nitrogens is 4. The molecular formula is C21H20FN6O2S. The van der Waals surface area contributed by atoms with Gasteiger partial charge >= 0.3 is 0 Å². The molecule has 3 aromatic rings. The van der Waals surface area contributed by atoms with E-state index in [4.69, 9.17) is 4.98 Å². The highest BCUT2D eigenvalue weighted by molar-refractivity contribution is 7.09. The molecule has 0 saturated carbocycles. The fourth-order valence-corrected chi connectivity index (χ4v) is 4.83. The monoisotopic (exact) mass is 439 g/mol. The van der Waals surface area contributed by atoms with Crippen LogP contribution < -0.4 is 4.90 Å². The van der Waals surface area contributed by atoms with E-state index in [-0.39, 0.29) is 23.7 Å². The van der Waals surface area contributed by atoms with Gasteiger partial charge in [0.1, 0.15) is 11.6 Å². The van der Waals surface area contributed by atoms with Gasteiger partial charge in [0, 0.05) is 31.6 Å². The minimum atomic E-state index is -0.385. The van der Waals surface area contributed by atoms with Crippen LogP contribution >= 0.6 is 11.5 Å². The summed E-state index contributed by atoms with van der Waals surface area (Å²) in [4.78, 5) is 38.4. The van der Waals surface area contributed by atoms with Crippen LogP contribution in [-0.2, 0) is 11.3 Å². The maximum Gasteiger partial charge on any atom is 0.254 e. The molecule has 4 heterocycles. The maximum atomic E-state index is 13.3. The van der Waals surface area contributed by atoms with Crippen molar-refractivity contribution in [2.45, 2.75) is 32.9 Å². The van der Waals surface area contributed by atoms with Crippen molar-refractivity contribution in [3.05, 3.63) is 53.6 Å². The number of fused-ring (bicyclic) bond motifs is 1. The Morgan fingerprint density at radius 1 is 1.19 bits per heavy atom. The normalized spacial score (nSPS) is 18.5. The summed E-state index contributed by atoms with van der Waals surface area (Å²) in [6, 6.07) is 5.22. The Balaban J connectivity index is 1.58. The third-order valence-electron chi connectivity index (χ3n) is 5.67. The van der Waals surface area contributed by atoms with Crippen LogP contribution in [0.4, 0.5) is 10.2 Å². The number of anilines is 1. The summed E-state index contributed by atoms with van der Waals surface area (Å²) in [5.41, 5.74) is 1.22. The number of hydrogen-bond acceptors (Lipinski definition) is 6. The average Bonchev–Trinajstić information content (AvgIpc) is 3.46. The van der Waals surface area contributed by atoms with Gasteiger partial charge in [-0.15, -0.1) is 0 Å². The van der Waals surface area contributed by atoms with E-state index >= 15 is 0 Å². The van der Waals surface area contributed by atoms with Crippen molar-refractivity contribution in [2.75, 3.05) is 18.0 Å². The number of aryl methyl sites for hydroxylation is 1. The Morgan fingerprint density at radius 3 is 2.61 bits per heavy atom. The van der Waals surface area contributed by atoms with Gasteiger partial charge in [-0.1, -0.05) is 0 Å². The molecule has 1 fully saturated rings. The van der Waals surface area contributed by atoms with E-state index in [0.717, 1.165) is 5.69 Å². The number of rotatable bonds is 3. The number of amides is 2. The van der Waals surface area contributed by atoms with E-state index in [2.05, 4.69) is 9.36 Å². The van der Waals surface area contributed by atoms with E-state index in [0.29, 0.717) is 54.1 Å². The first kappa shape index (κ1) is 19.8. The molecule has 0 unspecified atom stereocenters.